The molecule has 3 saturated heterocycles. The number of ether oxygens (including phenoxy) is 5. The minimum absolute atomic E-state index is 0.741. The lowest BCUT2D eigenvalue weighted by molar-refractivity contribution is -0.377. The Morgan fingerprint density at radius 1 is 0.441 bits per heavy atom. The molecule has 15 atom stereocenters. The van der Waals surface area contributed by atoms with Crippen molar-refractivity contribution in [1.82, 2.24) is 0 Å². The van der Waals surface area contributed by atoms with E-state index < -0.39 is 112 Å². The zero-order valence-corrected chi connectivity index (χ0v) is 17.7. The van der Waals surface area contributed by atoms with Crippen molar-refractivity contribution in [2.75, 3.05) is 19.8 Å². The highest BCUT2D eigenvalue weighted by molar-refractivity contribution is 4.96. The molecular formula is C18H32O16. The van der Waals surface area contributed by atoms with Crippen LogP contribution in [0.25, 0.3) is 0 Å². The highest BCUT2D eigenvalue weighted by atomic mass is 16.8. The summed E-state index contributed by atoms with van der Waals surface area (Å²) in [6, 6.07) is 0. The van der Waals surface area contributed by atoms with Crippen LogP contribution in [-0.4, -0.2) is 168 Å². The van der Waals surface area contributed by atoms with E-state index in [0.29, 0.717) is 0 Å². The van der Waals surface area contributed by atoms with Crippen LogP contribution in [0, 0.1) is 0 Å². The summed E-state index contributed by atoms with van der Waals surface area (Å²) in [4.78, 5) is 0. The quantitative estimate of drug-likeness (QED) is 0.154. The summed E-state index contributed by atoms with van der Waals surface area (Å²) >= 11 is 0. The molecule has 0 amide bonds. The van der Waals surface area contributed by atoms with E-state index in [9.17, 15) is 56.2 Å². The van der Waals surface area contributed by atoms with E-state index in [0.717, 1.165) is 0 Å². The molecule has 3 rings (SSSR count). The van der Waals surface area contributed by atoms with Crippen molar-refractivity contribution >= 4 is 0 Å². The van der Waals surface area contributed by atoms with Gasteiger partial charge in [0, 0.05) is 0 Å². The fourth-order valence-corrected chi connectivity index (χ4v) is 4.06. The van der Waals surface area contributed by atoms with E-state index in [4.69, 9.17) is 23.7 Å². The summed E-state index contributed by atoms with van der Waals surface area (Å²) in [5.74, 6) is 0. The molecule has 0 aromatic rings. The van der Waals surface area contributed by atoms with Gasteiger partial charge in [-0.3, -0.25) is 0 Å². The Bertz CT molecular complexity index is 635. The Balaban J connectivity index is 1.72. The summed E-state index contributed by atoms with van der Waals surface area (Å²) in [5, 5.41) is 109. The molecule has 0 saturated carbocycles. The molecule has 0 aromatic heterocycles. The third-order valence-electron chi connectivity index (χ3n) is 6.09. The minimum Gasteiger partial charge on any atom is -0.394 e. The van der Waals surface area contributed by atoms with Gasteiger partial charge in [-0.1, -0.05) is 0 Å². The second-order valence-corrected chi connectivity index (χ2v) is 8.33. The number of aliphatic hydroxyl groups is 11. The Hall–Kier alpha value is -0.640. The van der Waals surface area contributed by atoms with Crippen LogP contribution in [0.5, 0.6) is 0 Å². The van der Waals surface area contributed by atoms with Crippen molar-refractivity contribution in [2.24, 2.45) is 0 Å². The molecule has 0 aliphatic carbocycles. The van der Waals surface area contributed by atoms with Crippen LogP contribution >= 0.6 is 0 Å². The van der Waals surface area contributed by atoms with Gasteiger partial charge in [0.05, 0.1) is 19.8 Å². The molecule has 16 heteroatoms. The van der Waals surface area contributed by atoms with Crippen molar-refractivity contribution in [2.45, 2.75) is 92.1 Å². The monoisotopic (exact) mass is 504 g/mol. The SMILES string of the molecule is OCC1O[C@H](O[C@@H]2C(CO)O[C@H](O[C@@H]3C(CO)O[C@@H](O)C(O)[C@H]3O)C(O)[C@H]2O)C(O)[C@@H](O)[C@@H]1O. The Kier molecular flexibility index (Phi) is 9.54. The lowest BCUT2D eigenvalue weighted by atomic mass is 9.96. The first kappa shape index (κ1) is 27.9. The standard InChI is InChI=1S/C18H32O16/c19-1-4-7(22)8(23)12(27)17(31-4)34-15-6(3-21)32-18(13(28)10(15)25)33-14-5(2-20)30-16(29)11(26)9(14)24/h4-29H,1-3H2/t4?,5?,6?,7-,8+,9-,10-,11?,12?,13?,14-,15-,16-,17-,18-/m1/s1. The Morgan fingerprint density at radius 2 is 0.853 bits per heavy atom. The predicted octanol–water partition coefficient (Wildman–Crippen LogP) is -7.57. The van der Waals surface area contributed by atoms with E-state index in [1.165, 1.54) is 0 Å². The van der Waals surface area contributed by atoms with Gasteiger partial charge in [-0.25, -0.2) is 0 Å². The second-order valence-electron chi connectivity index (χ2n) is 8.33. The van der Waals surface area contributed by atoms with Gasteiger partial charge in [-0.2, -0.15) is 0 Å². The minimum atomic E-state index is -1.91. The maximum atomic E-state index is 10.6. The average Bonchev–Trinajstić information content (AvgIpc) is 2.83. The zero-order valence-electron chi connectivity index (χ0n) is 17.7. The van der Waals surface area contributed by atoms with Gasteiger partial charge in [-0.15, -0.1) is 0 Å². The molecular weight excluding hydrogens is 472 g/mol. The summed E-state index contributed by atoms with van der Waals surface area (Å²) in [5.41, 5.74) is 0. The molecule has 16 nitrogen and oxygen atoms in total. The number of aliphatic hydroxyl groups excluding tert-OH is 11. The molecule has 3 aliphatic rings. The molecule has 0 spiro atoms. The van der Waals surface area contributed by atoms with Crippen molar-refractivity contribution < 1.29 is 79.9 Å². The topological polar surface area (TPSA) is 269 Å². The third-order valence-corrected chi connectivity index (χ3v) is 6.09. The molecule has 6 unspecified atom stereocenters. The number of rotatable bonds is 7. The largest absolute Gasteiger partial charge is 0.394 e. The normalized spacial score (nSPS) is 52.5. The van der Waals surface area contributed by atoms with Gasteiger partial charge in [-0.05, 0) is 0 Å². The van der Waals surface area contributed by atoms with Crippen LogP contribution in [0.2, 0.25) is 0 Å². The van der Waals surface area contributed by atoms with Crippen LogP contribution in [-0.2, 0) is 23.7 Å². The molecule has 11 N–H and O–H groups in total. The number of hydrogen-bond acceptors (Lipinski definition) is 16. The maximum Gasteiger partial charge on any atom is 0.187 e. The van der Waals surface area contributed by atoms with Gasteiger partial charge >= 0.3 is 0 Å². The highest BCUT2D eigenvalue weighted by Gasteiger charge is 2.53. The van der Waals surface area contributed by atoms with Gasteiger partial charge in [0.2, 0.25) is 0 Å². The van der Waals surface area contributed by atoms with E-state index in [1.54, 1.807) is 0 Å². The molecule has 3 fully saturated rings. The lowest BCUT2D eigenvalue weighted by Gasteiger charge is -2.47. The van der Waals surface area contributed by atoms with Crippen LogP contribution in [0.1, 0.15) is 0 Å². The molecule has 0 radical (unpaired) electrons. The summed E-state index contributed by atoms with van der Waals surface area (Å²) in [6.07, 6.45) is -25.1. The van der Waals surface area contributed by atoms with Crippen LogP contribution < -0.4 is 0 Å². The smallest absolute Gasteiger partial charge is 0.187 e. The Labute approximate surface area is 192 Å². The molecule has 200 valence electrons. The fourth-order valence-electron chi connectivity index (χ4n) is 4.06. The van der Waals surface area contributed by atoms with Crippen LogP contribution in [0.15, 0.2) is 0 Å². The first-order chi connectivity index (χ1) is 16.0. The molecule has 34 heavy (non-hydrogen) atoms. The van der Waals surface area contributed by atoms with Crippen LogP contribution in [0.4, 0.5) is 0 Å². The van der Waals surface area contributed by atoms with E-state index in [-0.39, 0.29) is 0 Å². The zero-order chi connectivity index (χ0) is 25.3. The van der Waals surface area contributed by atoms with Crippen molar-refractivity contribution in [1.29, 1.82) is 0 Å². The average molecular weight is 504 g/mol. The highest BCUT2D eigenvalue weighted by Crippen LogP contribution is 2.32. The summed E-state index contributed by atoms with van der Waals surface area (Å²) in [6.45, 7) is -2.32. The van der Waals surface area contributed by atoms with Gasteiger partial charge < -0.3 is 79.9 Å². The van der Waals surface area contributed by atoms with Crippen molar-refractivity contribution in [3.63, 3.8) is 0 Å². The fraction of sp³-hybridized carbons (Fsp3) is 1.00. The summed E-state index contributed by atoms with van der Waals surface area (Å²) < 4.78 is 26.4. The van der Waals surface area contributed by atoms with E-state index in [1.807, 2.05) is 0 Å². The first-order valence-corrected chi connectivity index (χ1v) is 10.6. The Morgan fingerprint density at radius 3 is 1.35 bits per heavy atom. The second kappa shape index (κ2) is 11.6. The molecule has 0 bridgehead atoms. The number of hydrogen-bond donors (Lipinski definition) is 11. The maximum absolute atomic E-state index is 10.6. The van der Waals surface area contributed by atoms with Crippen molar-refractivity contribution in [3.8, 4) is 0 Å². The van der Waals surface area contributed by atoms with Gasteiger partial charge in [0.15, 0.2) is 18.9 Å². The van der Waals surface area contributed by atoms with Gasteiger partial charge in [0.25, 0.3) is 0 Å². The van der Waals surface area contributed by atoms with Gasteiger partial charge in [0.1, 0.15) is 73.2 Å². The molecule has 0 aromatic carbocycles. The lowest BCUT2D eigenvalue weighted by Crippen LogP contribution is -2.66. The predicted molar refractivity (Wildman–Crippen MR) is 101 cm³/mol. The van der Waals surface area contributed by atoms with Crippen LogP contribution in [0.3, 0.4) is 0 Å². The van der Waals surface area contributed by atoms with Crippen molar-refractivity contribution in [3.05, 3.63) is 0 Å². The third kappa shape index (κ3) is 5.37. The summed E-state index contributed by atoms with van der Waals surface area (Å²) in [7, 11) is 0. The van der Waals surface area contributed by atoms with E-state index in [2.05, 4.69) is 0 Å². The van der Waals surface area contributed by atoms with E-state index >= 15 is 0 Å². The molecule has 3 heterocycles. The molecule has 3 aliphatic heterocycles. The first-order valence-electron chi connectivity index (χ1n) is 10.6.